The average molecular weight is 605 g/mol. The van der Waals surface area contributed by atoms with Crippen LogP contribution in [0.4, 0.5) is 17.6 Å². The van der Waals surface area contributed by atoms with Crippen molar-refractivity contribution >= 4 is 0 Å². The Balaban J connectivity index is 0.00000272. The van der Waals surface area contributed by atoms with Gasteiger partial charge < -0.3 is 4.98 Å². The van der Waals surface area contributed by atoms with Crippen LogP contribution in [0.5, 0.6) is 0 Å². The molecule has 4 nitrogen and oxygen atoms in total. The standard InChI is InChI=1S/C22H14F4N4.Pt/c1-22(2,19-10-11-30(29-19)17-8-6-13(23)12-15(17)24)18-5-3-4-16(27-18)14-7-9-20(25)28-21(14)26;/h3-6,9-12H,1-2H3;/q-2;+2. The van der Waals surface area contributed by atoms with Gasteiger partial charge in [-0.2, -0.15) is 11.2 Å². The molecule has 0 aliphatic heterocycles. The van der Waals surface area contributed by atoms with Crippen LogP contribution in [0.25, 0.3) is 16.9 Å². The molecule has 160 valence electrons. The first kappa shape index (κ1) is 22.8. The van der Waals surface area contributed by atoms with Crippen LogP contribution < -0.4 is 0 Å². The van der Waals surface area contributed by atoms with Gasteiger partial charge in [0.1, 0.15) is 11.9 Å². The summed E-state index contributed by atoms with van der Waals surface area (Å²) in [5.74, 6) is -3.51. The minimum Gasteiger partial charge on any atom is -0.300 e. The van der Waals surface area contributed by atoms with Crippen LogP contribution in [-0.2, 0) is 26.5 Å². The van der Waals surface area contributed by atoms with E-state index in [4.69, 9.17) is 0 Å². The van der Waals surface area contributed by atoms with Crippen molar-refractivity contribution in [2.75, 3.05) is 0 Å². The first-order valence-corrected chi connectivity index (χ1v) is 8.90. The Bertz CT molecular complexity index is 1240. The van der Waals surface area contributed by atoms with Crippen molar-refractivity contribution in [3.8, 4) is 16.9 Å². The molecule has 0 atom stereocenters. The van der Waals surface area contributed by atoms with Crippen LogP contribution in [-0.4, -0.2) is 19.7 Å². The smallest absolute Gasteiger partial charge is 0.300 e. The summed E-state index contributed by atoms with van der Waals surface area (Å²) < 4.78 is 55.6. The van der Waals surface area contributed by atoms with Gasteiger partial charge in [-0.1, -0.05) is 23.8 Å². The summed E-state index contributed by atoms with van der Waals surface area (Å²) in [5.41, 5.74) is 0.512. The van der Waals surface area contributed by atoms with Crippen molar-refractivity contribution in [2.45, 2.75) is 19.3 Å². The molecule has 4 rings (SSSR count). The molecule has 0 bridgehead atoms. The summed E-state index contributed by atoms with van der Waals surface area (Å²) in [6.45, 7) is 3.69. The predicted octanol–water partition coefficient (Wildman–Crippen LogP) is 4.81. The van der Waals surface area contributed by atoms with E-state index in [-0.39, 0.29) is 38.0 Å². The molecular formula is C22H14F4N4Pt. The van der Waals surface area contributed by atoms with Crippen molar-refractivity contribution in [2.24, 2.45) is 0 Å². The van der Waals surface area contributed by atoms with E-state index in [0.29, 0.717) is 11.4 Å². The average Bonchev–Trinajstić information content (AvgIpc) is 3.19. The Hall–Kier alpha value is -2.86. The summed E-state index contributed by atoms with van der Waals surface area (Å²) in [5, 5.41) is 4.39. The van der Waals surface area contributed by atoms with Crippen LogP contribution in [0.1, 0.15) is 25.2 Å². The van der Waals surface area contributed by atoms with E-state index in [1.807, 2.05) is 13.8 Å². The van der Waals surface area contributed by atoms with Crippen molar-refractivity contribution in [3.63, 3.8) is 0 Å². The van der Waals surface area contributed by atoms with Crippen molar-refractivity contribution in [3.05, 3.63) is 95.7 Å². The Morgan fingerprint density at radius 3 is 2.42 bits per heavy atom. The fourth-order valence-electron chi connectivity index (χ4n) is 3.00. The topological polar surface area (TPSA) is 43.6 Å². The number of benzene rings is 1. The second-order valence-corrected chi connectivity index (χ2v) is 7.08. The van der Waals surface area contributed by atoms with Crippen LogP contribution in [0.15, 0.2) is 48.7 Å². The summed E-state index contributed by atoms with van der Waals surface area (Å²) in [6.07, 6.45) is 1.53. The van der Waals surface area contributed by atoms with Crippen molar-refractivity contribution in [1.29, 1.82) is 0 Å². The maximum Gasteiger partial charge on any atom is 2.00 e. The van der Waals surface area contributed by atoms with Gasteiger partial charge in [-0.25, -0.2) is 8.78 Å². The third-order valence-electron chi connectivity index (χ3n) is 4.69. The van der Waals surface area contributed by atoms with E-state index in [2.05, 4.69) is 27.2 Å². The van der Waals surface area contributed by atoms with Crippen LogP contribution >= 0.6 is 0 Å². The van der Waals surface area contributed by atoms with E-state index in [1.54, 1.807) is 24.3 Å². The number of hydrogen-bond donors (Lipinski definition) is 0. The van der Waals surface area contributed by atoms with Crippen LogP contribution in [0.2, 0.25) is 0 Å². The number of rotatable bonds is 4. The van der Waals surface area contributed by atoms with Gasteiger partial charge in [0.2, 0.25) is 0 Å². The zero-order valence-corrected chi connectivity index (χ0v) is 18.5. The number of halogens is 4. The molecule has 0 amide bonds. The maximum atomic E-state index is 14.1. The molecule has 0 aliphatic carbocycles. The number of pyridine rings is 2. The molecule has 3 heterocycles. The molecule has 0 radical (unpaired) electrons. The number of nitrogens with zero attached hydrogens (tertiary/aromatic N) is 4. The summed E-state index contributed by atoms with van der Waals surface area (Å²) in [6, 6.07) is 14.4. The second-order valence-electron chi connectivity index (χ2n) is 7.08. The molecule has 4 aromatic rings. The Kier molecular flexibility index (Phi) is 6.41. The molecule has 0 N–H and O–H groups in total. The monoisotopic (exact) mass is 605 g/mol. The molecule has 9 heteroatoms. The minimum absolute atomic E-state index is 0. The van der Waals surface area contributed by atoms with E-state index < -0.39 is 28.9 Å². The molecule has 3 aromatic heterocycles. The van der Waals surface area contributed by atoms with E-state index in [0.717, 1.165) is 18.2 Å². The van der Waals surface area contributed by atoms with Crippen LogP contribution in [0.3, 0.4) is 0 Å². The summed E-state index contributed by atoms with van der Waals surface area (Å²) in [4.78, 5) is 7.64. The molecular weight excluding hydrogens is 591 g/mol. The summed E-state index contributed by atoms with van der Waals surface area (Å²) >= 11 is 0. The van der Waals surface area contributed by atoms with Crippen LogP contribution in [0, 0.1) is 35.7 Å². The number of hydrogen-bond acceptors (Lipinski definition) is 3. The van der Waals surface area contributed by atoms with Gasteiger partial charge in [-0.05, 0) is 37.4 Å². The van der Waals surface area contributed by atoms with Gasteiger partial charge in [0, 0.05) is 23.5 Å². The molecule has 0 aliphatic rings. The Morgan fingerprint density at radius 1 is 0.935 bits per heavy atom. The van der Waals surface area contributed by atoms with Gasteiger partial charge in [0.05, 0.1) is 11.1 Å². The third kappa shape index (κ3) is 4.44. The minimum atomic E-state index is -1.01. The fourth-order valence-corrected chi connectivity index (χ4v) is 3.00. The molecule has 0 saturated carbocycles. The van der Waals surface area contributed by atoms with Gasteiger partial charge in [-0.15, -0.1) is 18.2 Å². The summed E-state index contributed by atoms with van der Waals surface area (Å²) in [7, 11) is 0. The van der Waals surface area contributed by atoms with Gasteiger partial charge >= 0.3 is 21.1 Å². The van der Waals surface area contributed by atoms with E-state index in [1.165, 1.54) is 10.9 Å². The predicted molar refractivity (Wildman–Crippen MR) is 101 cm³/mol. The fraction of sp³-hybridized carbons (Fsp3) is 0.136. The molecule has 0 saturated heterocycles. The first-order valence-electron chi connectivity index (χ1n) is 8.90. The van der Waals surface area contributed by atoms with E-state index >= 15 is 0 Å². The zero-order chi connectivity index (χ0) is 21.5. The quantitative estimate of drug-likeness (QED) is 0.191. The Morgan fingerprint density at radius 2 is 1.71 bits per heavy atom. The largest absolute Gasteiger partial charge is 2.00 e. The molecule has 1 aromatic carbocycles. The van der Waals surface area contributed by atoms with Crippen molar-refractivity contribution in [1.82, 2.24) is 19.7 Å². The molecule has 0 spiro atoms. The Labute approximate surface area is 190 Å². The number of aromatic nitrogens is 4. The molecule has 0 unspecified atom stereocenters. The third-order valence-corrected chi connectivity index (χ3v) is 4.69. The van der Waals surface area contributed by atoms with Gasteiger partial charge in [-0.3, -0.25) is 18.4 Å². The molecule has 31 heavy (non-hydrogen) atoms. The maximum absolute atomic E-state index is 14.1. The molecule has 0 fully saturated rings. The first-order chi connectivity index (χ1) is 14.3. The SMILES string of the molecule is CC(C)(c1cccc(-c2[c-]cc(F)nc2F)n1)c1ccn(-c2[c-]cc(F)cc2F)n1.[Pt+2]. The van der Waals surface area contributed by atoms with E-state index in [9.17, 15) is 17.6 Å². The van der Waals surface area contributed by atoms with Gasteiger partial charge in [0.25, 0.3) is 0 Å². The van der Waals surface area contributed by atoms with Crippen molar-refractivity contribution < 1.29 is 38.6 Å². The van der Waals surface area contributed by atoms with Gasteiger partial charge in [0.15, 0.2) is 0 Å². The second kappa shape index (κ2) is 8.71. The normalized spacial score (nSPS) is 11.3. The zero-order valence-electron chi connectivity index (χ0n) is 16.2.